The van der Waals surface area contributed by atoms with Crippen molar-refractivity contribution in [2.24, 2.45) is 0 Å². The molecule has 0 atom stereocenters. The van der Waals surface area contributed by atoms with Crippen molar-refractivity contribution in [2.75, 3.05) is 0 Å². The largest absolute Gasteiger partial charge is 0.390 e. The van der Waals surface area contributed by atoms with E-state index in [2.05, 4.69) is 17.1 Å². The molecule has 2 heteroatoms. The average molecular weight is 203 g/mol. The summed E-state index contributed by atoms with van der Waals surface area (Å²) in [7, 11) is 0. The number of benzene rings is 1. The van der Waals surface area contributed by atoms with E-state index in [1.54, 1.807) is 0 Å². The molecule has 1 aromatic heterocycles. The molecule has 0 bridgehead atoms. The number of fused-ring (bicyclic) bond motifs is 1. The molecule has 0 saturated carbocycles. The van der Waals surface area contributed by atoms with Gasteiger partial charge in [-0.25, -0.2) is 0 Å². The summed E-state index contributed by atoms with van der Waals surface area (Å²) in [5.74, 6) is 0. The second-order valence-electron chi connectivity index (χ2n) is 4.67. The maximum atomic E-state index is 9.68. The molecule has 2 aromatic rings. The van der Waals surface area contributed by atoms with Gasteiger partial charge in [-0.2, -0.15) is 0 Å². The number of H-pyrrole nitrogens is 1. The molecule has 0 spiro atoms. The van der Waals surface area contributed by atoms with Crippen LogP contribution in [0.25, 0.3) is 10.9 Å². The molecule has 1 heterocycles. The van der Waals surface area contributed by atoms with E-state index in [1.165, 1.54) is 16.5 Å². The predicted molar refractivity (Wildman–Crippen MR) is 62.9 cm³/mol. The van der Waals surface area contributed by atoms with Crippen LogP contribution in [0.15, 0.2) is 30.5 Å². The second-order valence-corrected chi connectivity index (χ2v) is 4.67. The van der Waals surface area contributed by atoms with Crippen LogP contribution < -0.4 is 0 Å². The zero-order valence-corrected chi connectivity index (χ0v) is 9.25. The van der Waals surface area contributed by atoms with Crippen LogP contribution in [0.2, 0.25) is 0 Å². The third kappa shape index (κ3) is 2.39. The Labute approximate surface area is 89.9 Å². The first kappa shape index (κ1) is 10.2. The molecule has 2 rings (SSSR count). The molecule has 0 aliphatic rings. The van der Waals surface area contributed by atoms with Crippen molar-refractivity contribution in [3.8, 4) is 0 Å². The van der Waals surface area contributed by atoms with Crippen molar-refractivity contribution in [1.29, 1.82) is 0 Å². The van der Waals surface area contributed by atoms with E-state index in [9.17, 15) is 5.11 Å². The highest BCUT2D eigenvalue weighted by atomic mass is 16.3. The summed E-state index contributed by atoms with van der Waals surface area (Å²) >= 11 is 0. The van der Waals surface area contributed by atoms with E-state index in [4.69, 9.17) is 0 Å². The molecule has 0 unspecified atom stereocenters. The minimum Gasteiger partial charge on any atom is -0.390 e. The first-order valence-corrected chi connectivity index (χ1v) is 5.34. The van der Waals surface area contributed by atoms with Gasteiger partial charge in [0.05, 0.1) is 5.60 Å². The van der Waals surface area contributed by atoms with Crippen molar-refractivity contribution >= 4 is 10.9 Å². The fourth-order valence-electron chi connectivity index (χ4n) is 1.78. The SMILES string of the molecule is CC(C)(O)CCc1c[nH]c2ccccc12. The minimum atomic E-state index is -0.585. The lowest BCUT2D eigenvalue weighted by Gasteiger charge is -2.16. The van der Waals surface area contributed by atoms with Crippen LogP contribution in [0.1, 0.15) is 25.8 Å². The molecule has 0 fully saturated rings. The fourth-order valence-corrected chi connectivity index (χ4v) is 1.78. The molecular formula is C13H17NO. The molecule has 2 N–H and O–H groups in total. The number of aromatic nitrogens is 1. The van der Waals surface area contributed by atoms with E-state index >= 15 is 0 Å². The van der Waals surface area contributed by atoms with Crippen molar-refractivity contribution in [3.63, 3.8) is 0 Å². The quantitative estimate of drug-likeness (QED) is 0.790. The zero-order valence-electron chi connectivity index (χ0n) is 9.25. The van der Waals surface area contributed by atoms with Gasteiger partial charge in [0.1, 0.15) is 0 Å². The summed E-state index contributed by atoms with van der Waals surface area (Å²) < 4.78 is 0. The van der Waals surface area contributed by atoms with Gasteiger partial charge in [0, 0.05) is 17.1 Å². The predicted octanol–water partition coefficient (Wildman–Crippen LogP) is 2.87. The Hall–Kier alpha value is -1.28. The van der Waals surface area contributed by atoms with Gasteiger partial charge in [-0.3, -0.25) is 0 Å². The van der Waals surface area contributed by atoms with E-state index < -0.39 is 5.60 Å². The van der Waals surface area contributed by atoms with Gasteiger partial charge in [0.15, 0.2) is 0 Å². The normalized spacial score (nSPS) is 12.2. The lowest BCUT2D eigenvalue weighted by molar-refractivity contribution is 0.0715. The maximum absolute atomic E-state index is 9.68. The van der Waals surface area contributed by atoms with Crippen LogP contribution in [0.3, 0.4) is 0 Å². The van der Waals surface area contributed by atoms with Gasteiger partial charge < -0.3 is 10.1 Å². The molecule has 2 nitrogen and oxygen atoms in total. The van der Waals surface area contributed by atoms with E-state index in [-0.39, 0.29) is 0 Å². The molecule has 0 aliphatic carbocycles. The van der Waals surface area contributed by atoms with Gasteiger partial charge >= 0.3 is 0 Å². The first-order valence-electron chi connectivity index (χ1n) is 5.34. The Kier molecular flexibility index (Phi) is 2.53. The van der Waals surface area contributed by atoms with Crippen LogP contribution in [0, 0.1) is 0 Å². The fraction of sp³-hybridized carbons (Fsp3) is 0.385. The summed E-state index contributed by atoms with van der Waals surface area (Å²) in [5, 5.41) is 10.9. The van der Waals surface area contributed by atoms with Gasteiger partial charge in [0.25, 0.3) is 0 Å². The summed E-state index contributed by atoms with van der Waals surface area (Å²) in [5.41, 5.74) is 1.87. The van der Waals surface area contributed by atoms with Crippen molar-refractivity contribution < 1.29 is 5.11 Å². The minimum absolute atomic E-state index is 0.585. The highest BCUT2D eigenvalue weighted by molar-refractivity contribution is 5.82. The number of nitrogens with one attached hydrogen (secondary N) is 1. The van der Waals surface area contributed by atoms with Crippen molar-refractivity contribution in [3.05, 3.63) is 36.0 Å². The van der Waals surface area contributed by atoms with E-state index in [0.29, 0.717) is 0 Å². The lowest BCUT2D eigenvalue weighted by Crippen LogP contribution is -2.19. The van der Waals surface area contributed by atoms with Crippen LogP contribution >= 0.6 is 0 Å². The smallest absolute Gasteiger partial charge is 0.0595 e. The lowest BCUT2D eigenvalue weighted by atomic mass is 9.99. The third-order valence-corrected chi connectivity index (χ3v) is 2.68. The van der Waals surface area contributed by atoms with Crippen LogP contribution in [0.4, 0.5) is 0 Å². The number of para-hydroxylation sites is 1. The average Bonchev–Trinajstić information content (AvgIpc) is 2.57. The number of aromatic amines is 1. The topological polar surface area (TPSA) is 36.0 Å². The molecule has 80 valence electrons. The van der Waals surface area contributed by atoms with E-state index in [0.717, 1.165) is 12.8 Å². The number of rotatable bonds is 3. The molecular weight excluding hydrogens is 186 g/mol. The number of aliphatic hydroxyl groups is 1. The van der Waals surface area contributed by atoms with Crippen molar-refractivity contribution in [2.45, 2.75) is 32.3 Å². The molecule has 15 heavy (non-hydrogen) atoms. The molecule has 0 radical (unpaired) electrons. The molecule has 0 aliphatic heterocycles. The van der Waals surface area contributed by atoms with Gasteiger partial charge in [0.2, 0.25) is 0 Å². The number of hydrogen-bond donors (Lipinski definition) is 2. The Balaban J connectivity index is 2.22. The highest BCUT2D eigenvalue weighted by Gasteiger charge is 2.13. The number of hydrogen-bond acceptors (Lipinski definition) is 1. The summed E-state index contributed by atoms with van der Waals surface area (Å²) in [6, 6.07) is 8.26. The Morgan fingerprint density at radius 3 is 2.73 bits per heavy atom. The standard InChI is InChI=1S/C13H17NO/c1-13(2,15)8-7-10-9-14-12-6-4-3-5-11(10)12/h3-6,9,14-15H,7-8H2,1-2H3. The molecule has 0 amide bonds. The molecule has 0 saturated heterocycles. The van der Waals surface area contributed by atoms with Crippen LogP contribution in [-0.2, 0) is 6.42 Å². The summed E-state index contributed by atoms with van der Waals surface area (Å²) in [4.78, 5) is 3.24. The summed E-state index contributed by atoms with van der Waals surface area (Å²) in [6.07, 6.45) is 3.73. The van der Waals surface area contributed by atoms with Crippen LogP contribution in [0.5, 0.6) is 0 Å². The Bertz CT molecular complexity index is 451. The van der Waals surface area contributed by atoms with Gasteiger partial charge in [-0.1, -0.05) is 18.2 Å². The second kappa shape index (κ2) is 3.70. The highest BCUT2D eigenvalue weighted by Crippen LogP contribution is 2.21. The Morgan fingerprint density at radius 1 is 1.27 bits per heavy atom. The van der Waals surface area contributed by atoms with Gasteiger partial charge in [-0.05, 0) is 38.3 Å². The van der Waals surface area contributed by atoms with E-state index in [1.807, 2.05) is 32.2 Å². The Morgan fingerprint density at radius 2 is 2.00 bits per heavy atom. The third-order valence-electron chi connectivity index (χ3n) is 2.68. The van der Waals surface area contributed by atoms with Crippen molar-refractivity contribution in [1.82, 2.24) is 4.98 Å². The van der Waals surface area contributed by atoms with Gasteiger partial charge in [-0.15, -0.1) is 0 Å². The van der Waals surface area contributed by atoms with Crippen LogP contribution in [-0.4, -0.2) is 15.7 Å². The molecule has 1 aromatic carbocycles. The maximum Gasteiger partial charge on any atom is 0.0595 e. The first-order chi connectivity index (χ1) is 7.06. The summed E-state index contributed by atoms with van der Waals surface area (Å²) in [6.45, 7) is 3.70. The zero-order chi connectivity index (χ0) is 10.9. The monoisotopic (exact) mass is 203 g/mol. The number of aryl methyl sites for hydroxylation is 1.